The van der Waals surface area contributed by atoms with Crippen molar-refractivity contribution in [3.63, 3.8) is 0 Å². The summed E-state index contributed by atoms with van der Waals surface area (Å²) < 4.78 is 7.89. The number of hydrogen-bond acceptors (Lipinski definition) is 3. The molecule has 1 N–H and O–H groups in total. The lowest BCUT2D eigenvalue weighted by molar-refractivity contribution is 0.416. The van der Waals surface area contributed by atoms with Gasteiger partial charge in [-0.05, 0) is 36.8 Å². The van der Waals surface area contributed by atoms with Gasteiger partial charge in [-0.2, -0.15) is 5.10 Å². The molecule has 0 aliphatic heterocycles. The molecule has 18 heavy (non-hydrogen) atoms. The standard InChI is InChI=1S/C12H14ClN3OS/c1-3-6-16-11(14-15-12(16)18)9-7-8(13)4-5-10(9)17-2/h4-5,7H,3,6H2,1-2H3,(H,15,18). The molecule has 1 aromatic carbocycles. The number of methoxy groups -OCH3 is 1. The van der Waals surface area contributed by atoms with Gasteiger partial charge in [-0.3, -0.25) is 5.10 Å². The summed E-state index contributed by atoms with van der Waals surface area (Å²) in [5, 5.41) is 7.71. The first kappa shape index (κ1) is 13.1. The number of rotatable bonds is 4. The van der Waals surface area contributed by atoms with Crippen LogP contribution >= 0.6 is 23.8 Å². The number of nitrogens with zero attached hydrogens (tertiary/aromatic N) is 2. The summed E-state index contributed by atoms with van der Waals surface area (Å²) >= 11 is 11.3. The van der Waals surface area contributed by atoms with E-state index in [2.05, 4.69) is 17.1 Å². The van der Waals surface area contributed by atoms with Crippen LogP contribution in [0.2, 0.25) is 5.02 Å². The molecule has 2 rings (SSSR count). The molecule has 0 spiro atoms. The van der Waals surface area contributed by atoms with E-state index in [9.17, 15) is 0 Å². The number of halogens is 1. The minimum atomic E-state index is 0.605. The molecule has 6 heteroatoms. The Hall–Kier alpha value is -1.33. The van der Waals surface area contributed by atoms with Crippen LogP contribution in [0.3, 0.4) is 0 Å². The van der Waals surface area contributed by atoms with Crippen LogP contribution in [-0.4, -0.2) is 21.9 Å². The van der Waals surface area contributed by atoms with E-state index < -0.39 is 0 Å². The molecule has 0 radical (unpaired) electrons. The number of aromatic amines is 1. The molecule has 0 aliphatic carbocycles. The monoisotopic (exact) mass is 283 g/mol. The Balaban J connectivity index is 2.61. The average Bonchev–Trinajstić information content (AvgIpc) is 2.72. The van der Waals surface area contributed by atoms with Crippen LogP contribution in [0.5, 0.6) is 5.75 Å². The van der Waals surface area contributed by atoms with Gasteiger partial charge < -0.3 is 9.30 Å². The Bertz CT molecular complexity index is 606. The van der Waals surface area contributed by atoms with Crippen molar-refractivity contribution >= 4 is 23.8 Å². The third kappa shape index (κ3) is 2.42. The van der Waals surface area contributed by atoms with Crippen molar-refractivity contribution in [2.24, 2.45) is 0 Å². The lowest BCUT2D eigenvalue weighted by Gasteiger charge is -2.09. The molecule has 0 bridgehead atoms. The zero-order valence-electron chi connectivity index (χ0n) is 10.2. The van der Waals surface area contributed by atoms with Gasteiger partial charge >= 0.3 is 0 Å². The summed E-state index contributed by atoms with van der Waals surface area (Å²) in [6, 6.07) is 5.44. The van der Waals surface area contributed by atoms with Crippen LogP contribution in [0.25, 0.3) is 11.4 Å². The number of H-pyrrole nitrogens is 1. The van der Waals surface area contributed by atoms with E-state index in [0.29, 0.717) is 9.79 Å². The SMILES string of the molecule is CCCn1c(-c2cc(Cl)ccc2OC)n[nH]c1=S. The number of aromatic nitrogens is 3. The molecule has 0 saturated carbocycles. The van der Waals surface area contributed by atoms with E-state index in [-0.39, 0.29) is 0 Å². The van der Waals surface area contributed by atoms with E-state index in [1.807, 2.05) is 16.7 Å². The largest absolute Gasteiger partial charge is 0.496 e. The zero-order chi connectivity index (χ0) is 13.1. The maximum absolute atomic E-state index is 6.03. The van der Waals surface area contributed by atoms with Gasteiger partial charge in [0.05, 0.1) is 12.7 Å². The summed E-state index contributed by atoms with van der Waals surface area (Å²) in [7, 11) is 1.62. The van der Waals surface area contributed by atoms with Gasteiger partial charge in [-0.1, -0.05) is 18.5 Å². The summed E-state index contributed by atoms with van der Waals surface area (Å²) in [4.78, 5) is 0. The van der Waals surface area contributed by atoms with Gasteiger partial charge in [0.15, 0.2) is 10.6 Å². The number of hydrogen-bond donors (Lipinski definition) is 1. The fourth-order valence-electron chi connectivity index (χ4n) is 1.81. The number of benzene rings is 1. The zero-order valence-corrected chi connectivity index (χ0v) is 11.8. The van der Waals surface area contributed by atoms with E-state index in [0.717, 1.165) is 30.1 Å². The minimum Gasteiger partial charge on any atom is -0.496 e. The quantitative estimate of drug-likeness (QED) is 0.871. The molecular weight excluding hydrogens is 270 g/mol. The van der Waals surface area contributed by atoms with Crippen molar-refractivity contribution in [3.05, 3.63) is 28.0 Å². The average molecular weight is 284 g/mol. The number of ether oxygens (including phenoxy) is 1. The summed E-state index contributed by atoms with van der Waals surface area (Å²) in [6.07, 6.45) is 0.976. The van der Waals surface area contributed by atoms with Gasteiger partial charge in [0, 0.05) is 11.6 Å². The summed E-state index contributed by atoms with van der Waals surface area (Å²) in [5.41, 5.74) is 0.839. The molecule has 0 amide bonds. The Morgan fingerprint density at radius 2 is 2.28 bits per heavy atom. The fourth-order valence-corrected chi connectivity index (χ4v) is 2.20. The minimum absolute atomic E-state index is 0.605. The Labute approximate surface area is 116 Å². The lowest BCUT2D eigenvalue weighted by atomic mass is 10.2. The first-order chi connectivity index (χ1) is 8.67. The molecule has 0 unspecified atom stereocenters. The maximum atomic E-state index is 6.03. The smallest absolute Gasteiger partial charge is 0.195 e. The molecule has 96 valence electrons. The van der Waals surface area contributed by atoms with Gasteiger partial charge in [0.25, 0.3) is 0 Å². The van der Waals surface area contributed by atoms with Gasteiger partial charge in [-0.25, -0.2) is 0 Å². The molecule has 0 fully saturated rings. The van der Waals surface area contributed by atoms with Crippen LogP contribution in [0.1, 0.15) is 13.3 Å². The van der Waals surface area contributed by atoms with E-state index >= 15 is 0 Å². The van der Waals surface area contributed by atoms with Crippen molar-refractivity contribution in [3.8, 4) is 17.1 Å². The second kappa shape index (κ2) is 5.54. The van der Waals surface area contributed by atoms with Crippen molar-refractivity contribution in [1.29, 1.82) is 0 Å². The number of nitrogens with one attached hydrogen (secondary N) is 1. The van der Waals surface area contributed by atoms with Crippen molar-refractivity contribution < 1.29 is 4.74 Å². The van der Waals surface area contributed by atoms with Crippen LogP contribution < -0.4 is 4.74 Å². The summed E-state index contributed by atoms with van der Waals surface area (Å²) in [6.45, 7) is 2.90. The normalized spacial score (nSPS) is 10.6. The molecular formula is C12H14ClN3OS. The Morgan fingerprint density at radius 3 is 2.94 bits per heavy atom. The maximum Gasteiger partial charge on any atom is 0.195 e. The van der Waals surface area contributed by atoms with E-state index in [1.165, 1.54) is 0 Å². The third-order valence-corrected chi connectivity index (χ3v) is 3.15. The van der Waals surface area contributed by atoms with E-state index in [1.54, 1.807) is 13.2 Å². The molecule has 4 nitrogen and oxygen atoms in total. The molecule has 1 heterocycles. The Morgan fingerprint density at radius 1 is 1.50 bits per heavy atom. The highest BCUT2D eigenvalue weighted by atomic mass is 35.5. The van der Waals surface area contributed by atoms with Crippen molar-refractivity contribution in [2.45, 2.75) is 19.9 Å². The third-order valence-electron chi connectivity index (χ3n) is 2.61. The van der Waals surface area contributed by atoms with Gasteiger partial charge in [0.1, 0.15) is 5.75 Å². The van der Waals surface area contributed by atoms with Gasteiger partial charge in [0.2, 0.25) is 0 Å². The second-order valence-corrected chi connectivity index (χ2v) is 4.67. The van der Waals surface area contributed by atoms with Gasteiger partial charge in [-0.15, -0.1) is 0 Å². The highest BCUT2D eigenvalue weighted by Crippen LogP contribution is 2.31. The van der Waals surface area contributed by atoms with Crippen LogP contribution in [-0.2, 0) is 6.54 Å². The highest BCUT2D eigenvalue weighted by molar-refractivity contribution is 7.71. The molecule has 0 saturated heterocycles. The molecule has 0 aliphatic rings. The van der Waals surface area contributed by atoms with Crippen LogP contribution in [0.15, 0.2) is 18.2 Å². The molecule has 1 aromatic heterocycles. The fraction of sp³-hybridized carbons (Fsp3) is 0.333. The second-order valence-electron chi connectivity index (χ2n) is 3.85. The van der Waals surface area contributed by atoms with Crippen LogP contribution in [0.4, 0.5) is 0 Å². The topological polar surface area (TPSA) is 42.8 Å². The Kier molecular flexibility index (Phi) is 4.04. The molecule has 2 aromatic rings. The molecule has 0 atom stereocenters. The van der Waals surface area contributed by atoms with Crippen LogP contribution in [0, 0.1) is 4.77 Å². The van der Waals surface area contributed by atoms with Crippen molar-refractivity contribution in [1.82, 2.24) is 14.8 Å². The first-order valence-corrected chi connectivity index (χ1v) is 6.45. The predicted molar refractivity (Wildman–Crippen MR) is 74.7 cm³/mol. The predicted octanol–water partition coefficient (Wildman–Crippen LogP) is 3.68. The summed E-state index contributed by atoms with van der Waals surface area (Å²) in [5.74, 6) is 1.48. The lowest BCUT2D eigenvalue weighted by Crippen LogP contribution is -2.01. The first-order valence-electron chi connectivity index (χ1n) is 5.66. The van der Waals surface area contributed by atoms with E-state index in [4.69, 9.17) is 28.6 Å². The highest BCUT2D eigenvalue weighted by Gasteiger charge is 2.13. The van der Waals surface area contributed by atoms with Crippen molar-refractivity contribution in [2.75, 3.05) is 7.11 Å².